The predicted molar refractivity (Wildman–Crippen MR) is 79.5 cm³/mol. The molecular weight excluding hydrogens is 268 g/mol. The summed E-state index contributed by atoms with van der Waals surface area (Å²) in [7, 11) is 0. The molecule has 0 saturated heterocycles. The first-order chi connectivity index (χ1) is 10.2. The van der Waals surface area contributed by atoms with Gasteiger partial charge in [-0.25, -0.2) is 0 Å². The van der Waals surface area contributed by atoms with Gasteiger partial charge >= 0.3 is 5.69 Å². The van der Waals surface area contributed by atoms with Crippen molar-refractivity contribution < 1.29 is 9.66 Å². The molecule has 5 heteroatoms. The minimum Gasteiger partial charge on any atom is -0.450 e. The van der Waals surface area contributed by atoms with Crippen molar-refractivity contribution in [2.75, 3.05) is 0 Å². The Morgan fingerprint density at radius 1 is 1.19 bits per heavy atom. The summed E-state index contributed by atoms with van der Waals surface area (Å²) in [6.45, 7) is 0.790. The maximum atomic E-state index is 11.0. The number of para-hydroxylation sites is 2. The van der Waals surface area contributed by atoms with Crippen LogP contribution in [0.3, 0.4) is 0 Å². The van der Waals surface area contributed by atoms with Crippen LogP contribution in [0.2, 0.25) is 0 Å². The average molecular weight is 284 g/mol. The number of nitro benzene ring substituents is 1. The minimum absolute atomic E-state index is 0.0287. The van der Waals surface area contributed by atoms with Gasteiger partial charge in [0.2, 0.25) is 5.75 Å². The molecule has 1 N–H and O–H groups in total. The average Bonchev–Trinajstić information content (AvgIpc) is 3.30. The van der Waals surface area contributed by atoms with Crippen LogP contribution in [0.4, 0.5) is 5.69 Å². The highest BCUT2D eigenvalue weighted by atomic mass is 16.6. The van der Waals surface area contributed by atoms with Gasteiger partial charge in [-0.1, -0.05) is 24.3 Å². The lowest BCUT2D eigenvalue weighted by molar-refractivity contribution is -0.385. The Labute approximate surface area is 122 Å². The molecule has 0 unspecified atom stereocenters. The zero-order valence-corrected chi connectivity index (χ0v) is 11.5. The monoisotopic (exact) mass is 284 g/mol. The molecule has 0 bridgehead atoms. The smallest absolute Gasteiger partial charge is 0.311 e. The highest BCUT2D eigenvalue weighted by molar-refractivity contribution is 5.48. The van der Waals surface area contributed by atoms with Gasteiger partial charge in [0.15, 0.2) is 0 Å². The minimum atomic E-state index is -0.437. The first-order valence-corrected chi connectivity index (χ1v) is 6.96. The molecule has 1 aliphatic rings. The number of rotatable bonds is 6. The molecule has 0 amide bonds. The normalized spacial score (nSPS) is 13.9. The van der Waals surface area contributed by atoms with Crippen LogP contribution in [0.5, 0.6) is 11.5 Å². The summed E-state index contributed by atoms with van der Waals surface area (Å²) in [6.07, 6.45) is 2.48. The van der Waals surface area contributed by atoms with E-state index in [0.717, 1.165) is 12.1 Å². The molecule has 0 aromatic heterocycles. The second-order valence-corrected chi connectivity index (χ2v) is 5.13. The number of nitrogens with zero attached hydrogens (tertiary/aromatic N) is 1. The molecular formula is C16H16N2O3. The Hall–Kier alpha value is -2.40. The third kappa shape index (κ3) is 3.58. The van der Waals surface area contributed by atoms with Crippen LogP contribution in [-0.2, 0) is 6.54 Å². The van der Waals surface area contributed by atoms with E-state index >= 15 is 0 Å². The number of hydrogen-bond acceptors (Lipinski definition) is 4. The summed E-state index contributed by atoms with van der Waals surface area (Å²) in [4.78, 5) is 10.5. The van der Waals surface area contributed by atoms with E-state index in [1.807, 2.05) is 18.2 Å². The molecule has 0 spiro atoms. The fourth-order valence-corrected chi connectivity index (χ4v) is 2.09. The van der Waals surface area contributed by atoms with Crippen molar-refractivity contribution in [2.45, 2.75) is 25.4 Å². The largest absolute Gasteiger partial charge is 0.450 e. The van der Waals surface area contributed by atoms with Crippen LogP contribution in [-0.4, -0.2) is 11.0 Å². The molecule has 0 atom stereocenters. The zero-order chi connectivity index (χ0) is 14.7. The maximum absolute atomic E-state index is 11.0. The van der Waals surface area contributed by atoms with Gasteiger partial charge in [0.25, 0.3) is 0 Å². The standard InChI is InChI=1S/C16H16N2O3/c19-18(20)15-6-1-2-7-16(15)21-14-5-3-4-12(10-14)11-17-13-8-9-13/h1-7,10,13,17H,8-9,11H2. The molecule has 108 valence electrons. The van der Waals surface area contributed by atoms with E-state index in [9.17, 15) is 10.1 Å². The maximum Gasteiger partial charge on any atom is 0.311 e. The topological polar surface area (TPSA) is 64.4 Å². The summed E-state index contributed by atoms with van der Waals surface area (Å²) in [5, 5.41) is 14.4. The van der Waals surface area contributed by atoms with Gasteiger partial charge < -0.3 is 10.1 Å². The molecule has 21 heavy (non-hydrogen) atoms. The lowest BCUT2D eigenvalue weighted by Gasteiger charge is -2.08. The van der Waals surface area contributed by atoms with Crippen LogP contribution in [0.1, 0.15) is 18.4 Å². The molecule has 1 saturated carbocycles. The van der Waals surface area contributed by atoms with Gasteiger partial charge in [-0.2, -0.15) is 0 Å². The fourth-order valence-electron chi connectivity index (χ4n) is 2.09. The second-order valence-electron chi connectivity index (χ2n) is 5.13. The molecule has 0 aliphatic heterocycles. The summed E-state index contributed by atoms with van der Waals surface area (Å²) < 4.78 is 5.66. The number of hydrogen-bond donors (Lipinski definition) is 1. The van der Waals surface area contributed by atoms with E-state index in [2.05, 4.69) is 5.32 Å². The molecule has 1 fully saturated rings. The number of nitro groups is 1. The van der Waals surface area contributed by atoms with Gasteiger partial charge in [0, 0.05) is 18.7 Å². The van der Waals surface area contributed by atoms with Crippen LogP contribution in [0.15, 0.2) is 48.5 Å². The summed E-state index contributed by atoms with van der Waals surface area (Å²) in [5.74, 6) is 0.870. The fraction of sp³-hybridized carbons (Fsp3) is 0.250. The van der Waals surface area contributed by atoms with E-state index in [-0.39, 0.29) is 11.4 Å². The van der Waals surface area contributed by atoms with Gasteiger partial charge in [-0.3, -0.25) is 10.1 Å². The van der Waals surface area contributed by atoms with Gasteiger partial charge in [-0.15, -0.1) is 0 Å². The van der Waals surface area contributed by atoms with Gasteiger partial charge in [-0.05, 0) is 36.6 Å². The summed E-state index contributed by atoms with van der Waals surface area (Å²) in [5.41, 5.74) is 1.08. The summed E-state index contributed by atoms with van der Waals surface area (Å²) in [6, 6.07) is 14.7. The van der Waals surface area contributed by atoms with E-state index in [1.165, 1.54) is 18.9 Å². The van der Waals surface area contributed by atoms with Gasteiger partial charge in [0.1, 0.15) is 5.75 Å². The third-order valence-corrected chi connectivity index (χ3v) is 3.36. The molecule has 3 rings (SSSR count). The van der Waals surface area contributed by atoms with Crippen molar-refractivity contribution in [2.24, 2.45) is 0 Å². The Morgan fingerprint density at radius 3 is 2.76 bits per heavy atom. The molecule has 0 radical (unpaired) electrons. The van der Waals surface area contributed by atoms with Gasteiger partial charge in [0.05, 0.1) is 4.92 Å². The van der Waals surface area contributed by atoms with Crippen molar-refractivity contribution in [3.8, 4) is 11.5 Å². The van der Waals surface area contributed by atoms with Crippen molar-refractivity contribution >= 4 is 5.69 Å². The Bertz CT molecular complexity index is 653. The molecule has 5 nitrogen and oxygen atoms in total. The lowest BCUT2D eigenvalue weighted by atomic mass is 10.2. The SMILES string of the molecule is O=[N+]([O-])c1ccccc1Oc1cccc(CNC2CC2)c1. The van der Waals surface area contributed by atoms with Crippen molar-refractivity contribution in [3.63, 3.8) is 0 Å². The Kier molecular flexibility index (Phi) is 3.83. The van der Waals surface area contributed by atoms with E-state index in [1.54, 1.807) is 24.3 Å². The first kappa shape index (κ1) is 13.6. The van der Waals surface area contributed by atoms with Crippen LogP contribution < -0.4 is 10.1 Å². The molecule has 1 aliphatic carbocycles. The molecule has 2 aromatic carbocycles. The second kappa shape index (κ2) is 5.93. The first-order valence-electron chi connectivity index (χ1n) is 6.96. The van der Waals surface area contributed by atoms with Crippen LogP contribution >= 0.6 is 0 Å². The molecule has 0 heterocycles. The predicted octanol–water partition coefficient (Wildman–Crippen LogP) is 3.64. The third-order valence-electron chi connectivity index (χ3n) is 3.36. The van der Waals surface area contributed by atoms with Crippen molar-refractivity contribution in [1.82, 2.24) is 5.32 Å². The highest BCUT2D eigenvalue weighted by Crippen LogP contribution is 2.31. The Balaban J connectivity index is 1.74. The number of nitrogens with one attached hydrogen (secondary N) is 1. The van der Waals surface area contributed by atoms with E-state index in [0.29, 0.717) is 11.8 Å². The zero-order valence-electron chi connectivity index (χ0n) is 11.5. The quantitative estimate of drug-likeness (QED) is 0.649. The Morgan fingerprint density at radius 2 is 2.00 bits per heavy atom. The molecule has 2 aromatic rings. The van der Waals surface area contributed by atoms with Crippen LogP contribution in [0.25, 0.3) is 0 Å². The van der Waals surface area contributed by atoms with E-state index in [4.69, 9.17) is 4.74 Å². The number of benzene rings is 2. The van der Waals surface area contributed by atoms with E-state index < -0.39 is 4.92 Å². The van der Waals surface area contributed by atoms with Crippen LogP contribution in [0, 0.1) is 10.1 Å². The van der Waals surface area contributed by atoms with Crippen molar-refractivity contribution in [1.29, 1.82) is 0 Å². The van der Waals surface area contributed by atoms with Crippen molar-refractivity contribution in [3.05, 3.63) is 64.2 Å². The number of ether oxygens (including phenoxy) is 1. The lowest BCUT2D eigenvalue weighted by Crippen LogP contribution is -2.15. The summed E-state index contributed by atoms with van der Waals surface area (Å²) >= 11 is 0. The highest BCUT2D eigenvalue weighted by Gasteiger charge is 2.20.